The smallest absolute Gasteiger partial charge is 0.335 e. The summed E-state index contributed by atoms with van der Waals surface area (Å²) in [5, 5.41) is 15.6. The monoisotopic (exact) mass is 472 g/mol. The minimum atomic E-state index is -0.781. The molecule has 2 heterocycles. The predicted octanol–water partition coefficient (Wildman–Crippen LogP) is 2.35. The van der Waals surface area contributed by atoms with Gasteiger partial charge in [-0.2, -0.15) is 5.10 Å². The predicted molar refractivity (Wildman–Crippen MR) is 122 cm³/mol. The van der Waals surface area contributed by atoms with E-state index in [0.717, 1.165) is 10.1 Å². The molecule has 33 heavy (non-hydrogen) atoms. The van der Waals surface area contributed by atoms with Gasteiger partial charge >= 0.3 is 5.69 Å². The number of hydrazone groups is 1. The first kappa shape index (κ1) is 22.3. The second-order valence-electron chi connectivity index (χ2n) is 7.17. The molecule has 172 valence electrons. The van der Waals surface area contributed by atoms with E-state index in [1.807, 2.05) is 0 Å². The molecule has 0 saturated heterocycles. The van der Waals surface area contributed by atoms with Gasteiger partial charge in [-0.1, -0.05) is 11.6 Å². The lowest BCUT2D eigenvalue weighted by Crippen LogP contribution is -2.33. The highest BCUT2D eigenvalue weighted by atomic mass is 35.5. The van der Waals surface area contributed by atoms with Crippen molar-refractivity contribution in [3.8, 4) is 28.8 Å². The Kier molecular flexibility index (Phi) is 6.01. The average molecular weight is 473 g/mol. The van der Waals surface area contributed by atoms with Crippen molar-refractivity contribution >= 4 is 17.3 Å². The molecule has 4 rings (SSSR count). The Balaban J connectivity index is 1.72. The van der Waals surface area contributed by atoms with E-state index in [0.29, 0.717) is 28.0 Å². The SMILES string of the molecule is COc1cc(C2CC(c3c(O)n(-c4ccc(Cl)cc4)c(=O)[nH]c3=O)=NN2)cc(OC)c1OC. The van der Waals surface area contributed by atoms with Crippen molar-refractivity contribution in [3.05, 3.63) is 73.4 Å². The second-order valence-corrected chi connectivity index (χ2v) is 7.61. The molecule has 1 unspecified atom stereocenters. The molecule has 2 aromatic carbocycles. The standard InChI is InChI=1S/C22H21ClN4O6/c1-31-16-8-11(9-17(32-2)19(16)33-3)14-10-15(26-25-14)18-20(28)24-22(30)27(21(18)29)13-6-4-12(23)5-7-13/h4-9,14,25,29H,10H2,1-3H3,(H,24,28,30). The second kappa shape index (κ2) is 8.91. The molecule has 11 heteroatoms. The zero-order valence-corrected chi connectivity index (χ0v) is 18.8. The summed E-state index contributed by atoms with van der Waals surface area (Å²) >= 11 is 5.91. The average Bonchev–Trinajstić information content (AvgIpc) is 3.28. The van der Waals surface area contributed by atoms with Gasteiger partial charge in [0.1, 0.15) is 5.56 Å². The summed E-state index contributed by atoms with van der Waals surface area (Å²) in [6.45, 7) is 0. The number of hydrogen-bond acceptors (Lipinski definition) is 8. The lowest BCUT2D eigenvalue weighted by Gasteiger charge is -2.17. The topological polar surface area (TPSA) is 127 Å². The van der Waals surface area contributed by atoms with Gasteiger partial charge in [-0.3, -0.25) is 9.78 Å². The van der Waals surface area contributed by atoms with Crippen LogP contribution in [0.25, 0.3) is 5.69 Å². The number of aromatic amines is 1. The molecular formula is C22H21ClN4O6. The Bertz CT molecular complexity index is 1320. The lowest BCUT2D eigenvalue weighted by atomic mass is 9.99. The van der Waals surface area contributed by atoms with E-state index in [1.54, 1.807) is 36.4 Å². The van der Waals surface area contributed by atoms with Crippen LogP contribution in [-0.4, -0.2) is 41.7 Å². The summed E-state index contributed by atoms with van der Waals surface area (Å²) in [6.07, 6.45) is 0.258. The van der Waals surface area contributed by atoms with Crippen molar-refractivity contribution in [1.29, 1.82) is 0 Å². The number of nitrogens with one attached hydrogen (secondary N) is 2. The highest BCUT2D eigenvalue weighted by molar-refractivity contribution is 6.30. The Hall–Kier alpha value is -3.92. The summed E-state index contributed by atoms with van der Waals surface area (Å²) in [6, 6.07) is 9.46. The van der Waals surface area contributed by atoms with E-state index in [4.69, 9.17) is 25.8 Å². The fourth-order valence-corrected chi connectivity index (χ4v) is 3.83. The highest BCUT2D eigenvalue weighted by Crippen LogP contribution is 2.41. The fraction of sp³-hybridized carbons (Fsp3) is 0.227. The van der Waals surface area contributed by atoms with Crippen LogP contribution >= 0.6 is 11.6 Å². The number of hydrogen-bond donors (Lipinski definition) is 3. The Labute approximate surface area is 193 Å². The Morgan fingerprint density at radius 1 is 1.06 bits per heavy atom. The summed E-state index contributed by atoms with van der Waals surface area (Å²) in [7, 11) is 4.55. The van der Waals surface area contributed by atoms with Gasteiger partial charge in [-0.15, -0.1) is 0 Å². The molecule has 1 atom stereocenters. The zero-order chi connectivity index (χ0) is 23.7. The number of aromatic hydroxyl groups is 1. The first-order valence-electron chi connectivity index (χ1n) is 9.84. The van der Waals surface area contributed by atoms with Gasteiger partial charge in [0.05, 0.1) is 38.8 Å². The van der Waals surface area contributed by atoms with Crippen molar-refractivity contribution in [2.24, 2.45) is 5.10 Å². The van der Waals surface area contributed by atoms with Crippen LogP contribution in [0.5, 0.6) is 23.1 Å². The van der Waals surface area contributed by atoms with Gasteiger partial charge in [-0.05, 0) is 42.0 Å². The molecule has 0 aliphatic carbocycles. The minimum Gasteiger partial charge on any atom is -0.493 e. The number of aromatic nitrogens is 2. The maximum Gasteiger partial charge on any atom is 0.335 e. The Morgan fingerprint density at radius 3 is 2.27 bits per heavy atom. The van der Waals surface area contributed by atoms with Crippen molar-refractivity contribution in [3.63, 3.8) is 0 Å². The first-order chi connectivity index (χ1) is 15.9. The summed E-state index contributed by atoms with van der Waals surface area (Å²) in [5.74, 6) is 0.877. The third kappa shape index (κ3) is 4.00. The molecular weight excluding hydrogens is 452 g/mol. The molecule has 3 N–H and O–H groups in total. The van der Waals surface area contributed by atoms with Crippen LogP contribution < -0.4 is 30.9 Å². The fourth-order valence-electron chi connectivity index (χ4n) is 3.71. The molecule has 0 spiro atoms. The number of benzene rings is 2. The van der Waals surface area contributed by atoms with Crippen LogP contribution in [0, 0.1) is 0 Å². The van der Waals surface area contributed by atoms with E-state index in [9.17, 15) is 14.7 Å². The maximum atomic E-state index is 12.6. The zero-order valence-electron chi connectivity index (χ0n) is 18.0. The van der Waals surface area contributed by atoms with Crippen LogP contribution in [0.2, 0.25) is 5.02 Å². The van der Waals surface area contributed by atoms with E-state index < -0.39 is 17.1 Å². The number of halogens is 1. The van der Waals surface area contributed by atoms with Crippen LogP contribution in [0.15, 0.2) is 51.1 Å². The molecule has 1 aromatic heterocycles. The first-order valence-corrected chi connectivity index (χ1v) is 10.2. The summed E-state index contributed by atoms with van der Waals surface area (Å²) in [4.78, 5) is 27.3. The van der Waals surface area contributed by atoms with Gasteiger partial charge in [0.15, 0.2) is 11.5 Å². The molecule has 3 aromatic rings. The quantitative estimate of drug-likeness (QED) is 0.502. The van der Waals surface area contributed by atoms with E-state index in [2.05, 4.69) is 15.5 Å². The molecule has 0 saturated carbocycles. The number of methoxy groups -OCH3 is 3. The normalized spacial score (nSPS) is 15.0. The van der Waals surface area contributed by atoms with Crippen molar-refractivity contribution < 1.29 is 19.3 Å². The van der Waals surface area contributed by atoms with Gasteiger partial charge < -0.3 is 24.7 Å². The number of H-pyrrole nitrogens is 1. The number of ether oxygens (including phenoxy) is 3. The van der Waals surface area contributed by atoms with E-state index in [1.165, 1.54) is 21.3 Å². The highest BCUT2D eigenvalue weighted by Gasteiger charge is 2.29. The van der Waals surface area contributed by atoms with E-state index in [-0.39, 0.29) is 23.7 Å². The molecule has 1 aliphatic rings. The van der Waals surface area contributed by atoms with Crippen LogP contribution in [0.4, 0.5) is 0 Å². The van der Waals surface area contributed by atoms with Crippen molar-refractivity contribution in [2.45, 2.75) is 12.5 Å². The summed E-state index contributed by atoms with van der Waals surface area (Å²) < 4.78 is 17.1. The molecule has 1 aliphatic heterocycles. The molecule has 0 bridgehead atoms. The third-order valence-electron chi connectivity index (χ3n) is 5.30. The van der Waals surface area contributed by atoms with Gasteiger partial charge in [0.2, 0.25) is 11.6 Å². The maximum absolute atomic E-state index is 12.6. The van der Waals surface area contributed by atoms with Crippen LogP contribution in [0.1, 0.15) is 23.6 Å². The number of rotatable bonds is 6. The van der Waals surface area contributed by atoms with Crippen LogP contribution in [0.3, 0.4) is 0 Å². The van der Waals surface area contributed by atoms with Gasteiger partial charge in [0.25, 0.3) is 5.56 Å². The number of nitrogens with zero attached hydrogens (tertiary/aromatic N) is 2. The molecule has 0 radical (unpaired) electrons. The molecule has 0 fully saturated rings. The Morgan fingerprint density at radius 2 is 1.70 bits per heavy atom. The van der Waals surface area contributed by atoms with Crippen LogP contribution in [-0.2, 0) is 0 Å². The summed E-state index contributed by atoms with van der Waals surface area (Å²) in [5.41, 5.74) is 2.73. The minimum absolute atomic E-state index is 0.105. The molecule has 10 nitrogen and oxygen atoms in total. The van der Waals surface area contributed by atoms with Crippen molar-refractivity contribution in [1.82, 2.24) is 15.0 Å². The third-order valence-corrected chi connectivity index (χ3v) is 5.55. The van der Waals surface area contributed by atoms with Gasteiger partial charge in [0, 0.05) is 11.4 Å². The van der Waals surface area contributed by atoms with Crippen molar-refractivity contribution in [2.75, 3.05) is 21.3 Å². The van der Waals surface area contributed by atoms with E-state index >= 15 is 0 Å². The lowest BCUT2D eigenvalue weighted by molar-refractivity contribution is 0.323. The molecule has 0 amide bonds. The van der Waals surface area contributed by atoms with Gasteiger partial charge in [-0.25, -0.2) is 9.36 Å². The largest absolute Gasteiger partial charge is 0.493 e.